The molecule has 0 aromatic heterocycles. The average molecular weight is 277 g/mol. The quantitative estimate of drug-likeness (QED) is 0.877. The van der Waals surface area contributed by atoms with Crippen LogP contribution >= 0.6 is 0 Å². The van der Waals surface area contributed by atoms with Crippen molar-refractivity contribution in [3.05, 3.63) is 35.4 Å². The Labute approximate surface area is 118 Å². The Bertz CT molecular complexity index is 544. The lowest BCUT2D eigenvalue weighted by molar-refractivity contribution is 0.155. The van der Waals surface area contributed by atoms with E-state index < -0.39 is 0 Å². The van der Waals surface area contributed by atoms with Crippen molar-refractivity contribution < 1.29 is 8.78 Å². The molecule has 0 heterocycles. The SMILES string of the molecule is NC1(Cc2cc(F)ccc2F)CC2CC1C1CCCC21. The third-order valence-electron chi connectivity index (χ3n) is 6.21. The molecule has 3 fully saturated rings. The Balaban J connectivity index is 1.61. The van der Waals surface area contributed by atoms with E-state index in [-0.39, 0.29) is 17.2 Å². The smallest absolute Gasteiger partial charge is 0.126 e. The number of benzene rings is 1. The summed E-state index contributed by atoms with van der Waals surface area (Å²) in [5.41, 5.74) is 6.80. The van der Waals surface area contributed by atoms with Gasteiger partial charge >= 0.3 is 0 Å². The van der Waals surface area contributed by atoms with Crippen LogP contribution in [-0.4, -0.2) is 5.54 Å². The molecule has 5 atom stereocenters. The van der Waals surface area contributed by atoms with Crippen LogP contribution in [0, 0.1) is 35.3 Å². The van der Waals surface area contributed by atoms with Gasteiger partial charge in [0.2, 0.25) is 0 Å². The minimum Gasteiger partial charge on any atom is -0.325 e. The minimum atomic E-state index is -0.369. The van der Waals surface area contributed by atoms with Gasteiger partial charge in [0, 0.05) is 5.54 Å². The number of rotatable bonds is 2. The summed E-state index contributed by atoms with van der Waals surface area (Å²) in [6.45, 7) is 0. The zero-order valence-electron chi connectivity index (χ0n) is 11.6. The molecule has 0 amide bonds. The lowest BCUT2D eigenvalue weighted by Gasteiger charge is -2.40. The summed E-state index contributed by atoms with van der Waals surface area (Å²) in [5.74, 6) is 2.18. The van der Waals surface area contributed by atoms with Gasteiger partial charge in [0.25, 0.3) is 0 Å². The molecule has 1 aromatic rings. The molecular formula is C17H21F2N. The van der Waals surface area contributed by atoms with E-state index in [0.29, 0.717) is 17.9 Å². The van der Waals surface area contributed by atoms with Gasteiger partial charge in [-0.2, -0.15) is 0 Å². The predicted molar refractivity (Wildman–Crippen MR) is 74.0 cm³/mol. The zero-order chi connectivity index (χ0) is 13.9. The standard InChI is InChI=1S/C17H21F2N/c18-12-4-5-16(19)11(6-12)9-17(20)8-10-7-15(17)14-3-1-2-13(10)14/h4-6,10,13-15H,1-3,7-9,20H2. The number of halogens is 2. The van der Waals surface area contributed by atoms with Crippen molar-refractivity contribution in [1.82, 2.24) is 0 Å². The second kappa shape index (κ2) is 4.27. The largest absolute Gasteiger partial charge is 0.325 e. The first-order valence-corrected chi connectivity index (χ1v) is 7.80. The lowest BCUT2D eigenvalue weighted by atomic mass is 9.69. The van der Waals surface area contributed by atoms with E-state index in [0.717, 1.165) is 24.2 Å². The van der Waals surface area contributed by atoms with Crippen molar-refractivity contribution in [2.75, 3.05) is 0 Å². The van der Waals surface area contributed by atoms with Gasteiger partial charge in [-0.15, -0.1) is 0 Å². The van der Waals surface area contributed by atoms with Crippen LogP contribution in [0.25, 0.3) is 0 Å². The molecule has 20 heavy (non-hydrogen) atoms. The lowest BCUT2D eigenvalue weighted by Crippen LogP contribution is -2.51. The molecule has 3 heteroatoms. The van der Waals surface area contributed by atoms with E-state index in [2.05, 4.69) is 0 Å². The van der Waals surface area contributed by atoms with Crippen molar-refractivity contribution >= 4 is 0 Å². The fraction of sp³-hybridized carbons (Fsp3) is 0.647. The molecule has 108 valence electrons. The van der Waals surface area contributed by atoms with E-state index in [9.17, 15) is 8.78 Å². The van der Waals surface area contributed by atoms with Crippen LogP contribution in [-0.2, 0) is 6.42 Å². The summed E-state index contributed by atoms with van der Waals surface area (Å²) >= 11 is 0. The van der Waals surface area contributed by atoms with E-state index in [1.807, 2.05) is 0 Å². The first kappa shape index (κ1) is 12.8. The molecule has 5 unspecified atom stereocenters. The topological polar surface area (TPSA) is 26.0 Å². The Morgan fingerprint density at radius 3 is 2.85 bits per heavy atom. The molecule has 2 N–H and O–H groups in total. The molecule has 1 nitrogen and oxygen atoms in total. The molecule has 0 aliphatic heterocycles. The second-order valence-electron chi connectivity index (χ2n) is 7.21. The zero-order valence-corrected chi connectivity index (χ0v) is 11.6. The maximum atomic E-state index is 13.9. The molecule has 3 aliphatic carbocycles. The van der Waals surface area contributed by atoms with Crippen molar-refractivity contribution in [2.45, 2.75) is 44.1 Å². The van der Waals surface area contributed by atoms with E-state index in [4.69, 9.17) is 5.73 Å². The average Bonchev–Trinajstić information content (AvgIpc) is 3.04. The minimum absolute atomic E-state index is 0.315. The second-order valence-corrected chi connectivity index (χ2v) is 7.21. The van der Waals surface area contributed by atoms with Gasteiger partial charge in [0.15, 0.2) is 0 Å². The van der Waals surface area contributed by atoms with Crippen LogP contribution in [0.4, 0.5) is 8.78 Å². The van der Waals surface area contributed by atoms with Crippen LogP contribution in [0.1, 0.15) is 37.7 Å². The Kier molecular flexibility index (Phi) is 2.72. The van der Waals surface area contributed by atoms with Gasteiger partial charge in [0.1, 0.15) is 11.6 Å². The third-order valence-corrected chi connectivity index (χ3v) is 6.21. The summed E-state index contributed by atoms with van der Waals surface area (Å²) in [4.78, 5) is 0. The summed E-state index contributed by atoms with van der Waals surface area (Å²) in [6.07, 6.45) is 6.66. The highest BCUT2D eigenvalue weighted by molar-refractivity contribution is 5.24. The van der Waals surface area contributed by atoms with Crippen LogP contribution < -0.4 is 5.73 Å². The van der Waals surface area contributed by atoms with E-state index >= 15 is 0 Å². The Morgan fingerprint density at radius 1 is 1.20 bits per heavy atom. The van der Waals surface area contributed by atoms with Gasteiger partial charge in [-0.05, 0) is 79.5 Å². The number of hydrogen-bond acceptors (Lipinski definition) is 1. The van der Waals surface area contributed by atoms with E-state index in [1.54, 1.807) is 0 Å². The van der Waals surface area contributed by atoms with Gasteiger partial charge in [-0.3, -0.25) is 0 Å². The molecule has 0 spiro atoms. The van der Waals surface area contributed by atoms with Gasteiger partial charge in [0.05, 0.1) is 0 Å². The molecule has 2 bridgehead atoms. The highest BCUT2D eigenvalue weighted by atomic mass is 19.1. The third kappa shape index (κ3) is 1.75. The van der Waals surface area contributed by atoms with E-state index in [1.165, 1.54) is 43.9 Å². The highest BCUT2D eigenvalue weighted by Crippen LogP contribution is 2.62. The van der Waals surface area contributed by atoms with Crippen LogP contribution in [0.5, 0.6) is 0 Å². The van der Waals surface area contributed by atoms with Gasteiger partial charge in [-0.25, -0.2) is 8.78 Å². The van der Waals surface area contributed by atoms with Crippen LogP contribution in [0.3, 0.4) is 0 Å². The normalized spacial score (nSPS) is 42.1. The fourth-order valence-electron chi connectivity index (χ4n) is 5.55. The number of fused-ring (bicyclic) bond motifs is 5. The number of hydrogen-bond donors (Lipinski definition) is 1. The van der Waals surface area contributed by atoms with Gasteiger partial charge in [-0.1, -0.05) is 6.42 Å². The molecule has 0 saturated heterocycles. The van der Waals surface area contributed by atoms with Crippen molar-refractivity contribution in [3.63, 3.8) is 0 Å². The molecule has 3 saturated carbocycles. The van der Waals surface area contributed by atoms with Gasteiger partial charge < -0.3 is 5.73 Å². The van der Waals surface area contributed by atoms with Crippen molar-refractivity contribution in [1.29, 1.82) is 0 Å². The fourth-order valence-corrected chi connectivity index (χ4v) is 5.55. The summed E-state index contributed by atoms with van der Waals surface area (Å²) in [7, 11) is 0. The molecule has 0 radical (unpaired) electrons. The van der Waals surface area contributed by atoms with Crippen LogP contribution in [0.2, 0.25) is 0 Å². The molecule has 3 aliphatic rings. The maximum absolute atomic E-state index is 13.9. The van der Waals surface area contributed by atoms with Crippen molar-refractivity contribution in [3.8, 4) is 0 Å². The van der Waals surface area contributed by atoms with Crippen molar-refractivity contribution in [2.24, 2.45) is 29.4 Å². The predicted octanol–water partition coefficient (Wildman–Crippen LogP) is 3.66. The van der Waals surface area contributed by atoms with Crippen LogP contribution in [0.15, 0.2) is 18.2 Å². The Morgan fingerprint density at radius 2 is 2.00 bits per heavy atom. The molecular weight excluding hydrogens is 256 g/mol. The summed E-state index contributed by atoms with van der Waals surface area (Å²) < 4.78 is 27.2. The first-order valence-electron chi connectivity index (χ1n) is 7.80. The highest BCUT2D eigenvalue weighted by Gasteiger charge is 2.59. The molecule has 1 aromatic carbocycles. The summed E-state index contributed by atoms with van der Waals surface area (Å²) in [6, 6.07) is 3.72. The maximum Gasteiger partial charge on any atom is 0.126 e. The number of nitrogens with two attached hydrogens (primary N) is 1. The monoisotopic (exact) mass is 277 g/mol. The molecule has 4 rings (SSSR count). The Hall–Kier alpha value is -0.960. The first-order chi connectivity index (χ1) is 9.57. The summed E-state index contributed by atoms with van der Waals surface area (Å²) in [5, 5.41) is 0.